The van der Waals surface area contributed by atoms with Gasteiger partial charge in [-0.25, -0.2) is 0 Å². The van der Waals surface area contributed by atoms with Gasteiger partial charge in [-0.2, -0.15) is 0 Å². The van der Waals surface area contributed by atoms with Crippen LogP contribution in [-0.4, -0.2) is 31.6 Å². The first kappa shape index (κ1) is 19.3. The van der Waals surface area contributed by atoms with E-state index in [1.807, 2.05) is 0 Å². The van der Waals surface area contributed by atoms with Crippen molar-refractivity contribution in [3.05, 3.63) is 40.2 Å². The Morgan fingerprint density at radius 2 is 2.15 bits per heavy atom. The molecule has 1 N–H and O–H groups in total. The summed E-state index contributed by atoms with van der Waals surface area (Å²) in [5, 5.41) is 22.8. The van der Waals surface area contributed by atoms with E-state index in [1.165, 1.54) is 18.8 Å². The first-order valence-corrected chi connectivity index (χ1v) is 9.79. The Kier molecular flexibility index (Phi) is 5.79. The van der Waals surface area contributed by atoms with Crippen LogP contribution >= 0.6 is 11.8 Å². The number of aryl methyl sites for hydroxylation is 1. The van der Waals surface area contributed by atoms with Crippen molar-refractivity contribution in [3.8, 4) is 0 Å². The molecule has 3 atom stereocenters. The zero-order valence-corrected chi connectivity index (χ0v) is 16.4. The molecule has 3 rings (SSSR count). The SMILES string of the molecule is CC1CCCC(NC(=O)c2ccc(Sc3nncn3C)c([N+](=O)[O-])c2)C1C. The summed E-state index contributed by atoms with van der Waals surface area (Å²) in [4.78, 5) is 24.1. The van der Waals surface area contributed by atoms with Crippen molar-refractivity contribution < 1.29 is 9.72 Å². The van der Waals surface area contributed by atoms with Crippen LogP contribution in [-0.2, 0) is 7.05 Å². The van der Waals surface area contributed by atoms with Crippen LogP contribution in [0.5, 0.6) is 0 Å². The monoisotopic (exact) mass is 389 g/mol. The van der Waals surface area contributed by atoms with E-state index in [-0.39, 0.29) is 17.6 Å². The van der Waals surface area contributed by atoms with Gasteiger partial charge >= 0.3 is 0 Å². The van der Waals surface area contributed by atoms with Crippen LogP contribution in [0, 0.1) is 22.0 Å². The Balaban J connectivity index is 1.80. The average Bonchev–Trinajstić information content (AvgIpc) is 3.03. The van der Waals surface area contributed by atoms with Crippen LogP contribution in [0.15, 0.2) is 34.6 Å². The molecule has 1 heterocycles. The van der Waals surface area contributed by atoms with Gasteiger partial charge in [0.15, 0.2) is 5.16 Å². The minimum absolute atomic E-state index is 0.105. The highest BCUT2D eigenvalue weighted by Gasteiger charge is 2.29. The highest BCUT2D eigenvalue weighted by molar-refractivity contribution is 7.99. The number of nitro groups is 1. The topological polar surface area (TPSA) is 103 Å². The summed E-state index contributed by atoms with van der Waals surface area (Å²) in [6.07, 6.45) is 4.73. The van der Waals surface area contributed by atoms with E-state index >= 15 is 0 Å². The Morgan fingerprint density at radius 3 is 2.81 bits per heavy atom. The van der Waals surface area contributed by atoms with Crippen molar-refractivity contribution in [2.24, 2.45) is 18.9 Å². The fourth-order valence-corrected chi connectivity index (χ4v) is 4.24. The number of benzene rings is 1. The molecular weight excluding hydrogens is 366 g/mol. The maximum Gasteiger partial charge on any atom is 0.284 e. The van der Waals surface area contributed by atoms with Crippen molar-refractivity contribution >= 4 is 23.4 Å². The van der Waals surface area contributed by atoms with Crippen LogP contribution < -0.4 is 5.32 Å². The molecule has 1 aromatic carbocycles. The van der Waals surface area contributed by atoms with Gasteiger partial charge in [0, 0.05) is 24.7 Å². The van der Waals surface area contributed by atoms with Gasteiger partial charge in [0.1, 0.15) is 6.33 Å². The van der Waals surface area contributed by atoms with Gasteiger partial charge in [0.05, 0.1) is 9.82 Å². The standard InChI is InChI=1S/C18H23N5O3S/c1-11-5-4-6-14(12(11)2)20-17(24)13-7-8-16(15(9-13)23(25)26)27-18-21-19-10-22(18)3/h7-12,14H,4-6H2,1-3H3,(H,20,24). The summed E-state index contributed by atoms with van der Waals surface area (Å²) in [5.74, 6) is 0.686. The molecule has 1 aliphatic rings. The highest BCUT2D eigenvalue weighted by atomic mass is 32.2. The zero-order valence-electron chi connectivity index (χ0n) is 15.6. The predicted molar refractivity (Wildman–Crippen MR) is 102 cm³/mol. The van der Waals surface area contributed by atoms with Crippen molar-refractivity contribution in [2.45, 2.75) is 49.2 Å². The molecule has 1 fully saturated rings. The summed E-state index contributed by atoms with van der Waals surface area (Å²) < 4.78 is 1.68. The smallest absolute Gasteiger partial charge is 0.284 e. The number of nitrogens with one attached hydrogen (secondary N) is 1. The second kappa shape index (κ2) is 8.08. The zero-order chi connectivity index (χ0) is 19.6. The van der Waals surface area contributed by atoms with E-state index in [1.54, 1.807) is 23.7 Å². The molecule has 1 saturated carbocycles. The van der Waals surface area contributed by atoms with Crippen LogP contribution in [0.1, 0.15) is 43.5 Å². The molecule has 1 aliphatic carbocycles. The first-order valence-electron chi connectivity index (χ1n) is 8.98. The summed E-state index contributed by atoms with van der Waals surface area (Å²) in [6.45, 7) is 4.35. The summed E-state index contributed by atoms with van der Waals surface area (Å²) >= 11 is 1.15. The fraction of sp³-hybridized carbons (Fsp3) is 0.500. The summed E-state index contributed by atoms with van der Waals surface area (Å²) in [5.41, 5.74) is 0.190. The van der Waals surface area contributed by atoms with E-state index in [9.17, 15) is 14.9 Å². The van der Waals surface area contributed by atoms with Crippen LogP contribution in [0.25, 0.3) is 0 Å². The average molecular weight is 389 g/mol. The number of rotatable bonds is 5. The van der Waals surface area contributed by atoms with Gasteiger partial charge < -0.3 is 9.88 Å². The van der Waals surface area contributed by atoms with Gasteiger partial charge in [-0.05, 0) is 42.2 Å². The van der Waals surface area contributed by atoms with Crippen molar-refractivity contribution in [1.82, 2.24) is 20.1 Å². The van der Waals surface area contributed by atoms with Crippen molar-refractivity contribution in [1.29, 1.82) is 0 Å². The molecule has 0 spiro atoms. The number of nitrogens with zero attached hydrogens (tertiary/aromatic N) is 4. The van der Waals surface area contributed by atoms with E-state index in [2.05, 4.69) is 29.4 Å². The van der Waals surface area contributed by atoms with Gasteiger partial charge in [-0.15, -0.1) is 10.2 Å². The highest BCUT2D eigenvalue weighted by Crippen LogP contribution is 2.34. The van der Waals surface area contributed by atoms with Crippen molar-refractivity contribution in [3.63, 3.8) is 0 Å². The molecular formula is C18H23N5O3S. The van der Waals surface area contributed by atoms with Crippen molar-refractivity contribution in [2.75, 3.05) is 0 Å². The maximum absolute atomic E-state index is 12.7. The number of amides is 1. The largest absolute Gasteiger partial charge is 0.349 e. The molecule has 3 unspecified atom stereocenters. The molecule has 1 aromatic heterocycles. The first-order chi connectivity index (χ1) is 12.9. The van der Waals surface area contributed by atoms with E-state index < -0.39 is 4.92 Å². The molecule has 0 bridgehead atoms. The Hall–Kier alpha value is -2.42. The van der Waals surface area contributed by atoms with Crippen LogP contribution in [0.3, 0.4) is 0 Å². The molecule has 0 radical (unpaired) electrons. The Labute approximate surface area is 161 Å². The van der Waals surface area contributed by atoms with E-state index in [0.29, 0.717) is 27.5 Å². The van der Waals surface area contributed by atoms with Gasteiger partial charge in [-0.1, -0.05) is 26.7 Å². The number of hydrogen-bond donors (Lipinski definition) is 1. The summed E-state index contributed by atoms with van der Waals surface area (Å²) in [7, 11) is 1.77. The number of hydrogen-bond acceptors (Lipinski definition) is 6. The maximum atomic E-state index is 12.7. The normalized spacial score (nSPS) is 22.4. The fourth-order valence-electron chi connectivity index (χ4n) is 3.39. The molecule has 27 heavy (non-hydrogen) atoms. The number of carbonyl (C=O) groups excluding carboxylic acids is 1. The second-order valence-corrected chi connectivity index (χ2v) is 8.12. The third-order valence-electron chi connectivity index (χ3n) is 5.31. The number of nitro benzene ring substituents is 1. The molecule has 2 aromatic rings. The molecule has 0 aliphatic heterocycles. The lowest BCUT2D eigenvalue weighted by atomic mass is 9.78. The molecule has 0 saturated heterocycles. The molecule has 1 amide bonds. The van der Waals surface area contributed by atoms with E-state index in [0.717, 1.165) is 24.6 Å². The molecule has 8 nitrogen and oxygen atoms in total. The predicted octanol–water partition coefficient (Wildman–Crippen LogP) is 3.43. The quantitative estimate of drug-likeness (QED) is 0.621. The van der Waals surface area contributed by atoms with Gasteiger partial charge in [0.2, 0.25) is 0 Å². The van der Waals surface area contributed by atoms with Gasteiger partial charge in [0.25, 0.3) is 11.6 Å². The second-order valence-electron chi connectivity index (χ2n) is 7.11. The third kappa shape index (κ3) is 4.29. The van der Waals surface area contributed by atoms with E-state index in [4.69, 9.17) is 0 Å². The molecule has 144 valence electrons. The number of carbonyl (C=O) groups is 1. The minimum atomic E-state index is -0.471. The lowest BCUT2D eigenvalue weighted by Gasteiger charge is -2.34. The third-order valence-corrected chi connectivity index (χ3v) is 6.43. The lowest BCUT2D eigenvalue weighted by molar-refractivity contribution is -0.387. The van der Waals surface area contributed by atoms with Crippen LogP contribution in [0.4, 0.5) is 5.69 Å². The number of aromatic nitrogens is 3. The van der Waals surface area contributed by atoms with Crippen LogP contribution in [0.2, 0.25) is 0 Å². The molecule has 9 heteroatoms. The lowest BCUT2D eigenvalue weighted by Crippen LogP contribution is -2.43. The Bertz CT molecular complexity index is 853. The summed E-state index contributed by atoms with van der Waals surface area (Å²) in [6, 6.07) is 4.66. The Morgan fingerprint density at radius 1 is 1.37 bits per heavy atom. The minimum Gasteiger partial charge on any atom is -0.349 e. The van der Waals surface area contributed by atoms with Gasteiger partial charge in [-0.3, -0.25) is 14.9 Å².